The van der Waals surface area contributed by atoms with Crippen LogP contribution in [0.4, 0.5) is 0 Å². The van der Waals surface area contributed by atoms with Crippen LogP contribution in [0.1, 0.15) is 19.3 Å². The Bertz CT molecular complexity index is 342. The number of aliphatic carboxylic acids is 1. The first-order chi connectivity index (χ1) is 9.66. The van der Waals surface area contributed by atoms with E-state index in [1.54, 1.807) is 0 Å². The number of amides is 1. The van der Waals surface area contributed by atoms with E-state index in [-0.39, 0.29) is 31.6 Å². The molecular weight excluding hydrogens is 266 g/mol. The molecule has 0 saturated carbocycles. The van der Waals surface area contributed by atoms with Crippen LogP contribution in [0.5, 0.6) is 0 Å². The van der Waals surface area contributed by atoms with Gasteiger partial charge in [0.15, 0.2) is 6.10 Å². The molecule has 0 aliphatic carbocycles. The Morgan fingerprint density at radius 3 is 2.85 bits per heavy atom. The number of morpholine rings is 1. The first-order valence-electron chi connectivity index (χ1n) is 6.98. The largest absolute Gasteiger partial charge is 0.479 e. The molecule has 0 radical (unpaired) electrons. The van der Waals surface area contributed by atoms with Crippen LogP contribution < -0.4 is 0 Å². The summed E-state index contributed by atoms with van der Waals surface area (Å²) in [4.78, 5) is 24.3. The molecule has 1 N–H and O–H groups in total. The summed E-state index contributed by atoms with van der Waals surface area (Å²) in [5.41, 5.74) is 0. The lowest BCUT2D eigenvalue weighted by Gasteiger charge is -2.30. The second-order valence-corrected chi connectivity index (χ2v) is 5.00. The third-order valence-corrected chi connectivity index (χ3v) is 3.48. The van der Waals surface area contributed by atoms with Gasteiger partial charge in [0.05, 0.1) is 38.9 Å². The fourth-order valence-electron chi connectivity index (χ4n) is 2.33. The van der Waals surface area contributed by atoms with Crippen molar-refractivity contribution in [1.29, 1.82) is 0 Å². The number of carbonyl (C=O) groups is 2. The van der Waals surface area contributed by atoms with Gasteiger partial charge in [-0.1, -0.05) is 0 Å². The molecule has 2 unspecified atom stereocenters. The maximum Gasteiger partial charge on any atom is 0.334 e. The van der Waals surface area contributed by atoms with E-state index in [0.717, 1.165) is 19.4 Å². The highest BCUT2D eigenvalue weighted by Crippen LogP contribution is 2.12. The van der Waals surface area contributed by atoms with Crippen molar-refractivity contribution in [2.24, 2.45) is 0 Å². The summed E-state index contributed by atoms with van der Waals surface area (Å²) in [6.07, 6.45) is 1.58. The van der Waals surface area contributed by atoms with Crippen molar-refractivity contribution in [3.8, 4) is 0 Å². The molecule has 0 bridgehead atoms. The zero-order valence-electron chi connectivity index (χ0n) is 11.5. The number of carboxylic acids is 1. The van der Waals surface area contributed by atoms with Gasteiger partial charge in [0.2, 0.25) is 5.91 Å². The van der Waals surface area contributed by atoms with Gasteiger partial charge >= 0.3 is 5.97 Å². The third-order valence-electron chi connectivity index (χ3n) is 3.48. The number of rotatable bonds is 6. The molecule has 2 atom stereocenters. The van der Waals surface area contributed by atoms with Crippen molar-refractivity contribution < 1.29 is 28.9 Å². The molecule has 7 nitrogen and oxygen atoms in total. The molecule has 20 heavy (non-hydrogen) atoms. The van der Waals surface area contributed by atoms with Crippen LogP contribution in [0, 0.1) is 0 Å². The van der Waals surface area contributed by atoms with Crippen molar-refractivity contribution >= 4 is 11.9 Å². The van der Waals surface area contributed by atoms with Crippen molar-refractivity contribution in [3.05, 3.63) is 0 Å². The lowest BCUT2D eigenvalue weighted by atomic mass is 10.2. The van der Waals surface area contributed by atoms with Crippen LogP contribution in [-0.4, -0.2) is 73.6 Å². The Morgan fingerprint density at radius 2 is 2.15 bits per heavy atom. The van der Waals surface area contributed by atoms with Gasteiger partial charge in [-0.3, -0.25) is 4.79 Å². The van der Waals surface area contributed by atoms with E-state index in [0.29, 0.717) is 19.8 Å². The van der Waals surface area contributed by atoms with Crippen molar-refractivity contribution in [2.45, 2.75) is 31.5 Å². The molecular formula is C13H21NO6. The Balaban J connectivity index is 1.62. The number of ether oxygens (including phenoxy) is 3. The number of carboxylic acid groups (broad SMARTS) is 1. The normalized spacial score (nSPS) is 26.7. The second kappa shape index (κ2) is 7.56. The first-order valence-corrected chi connectivity index (χ1v) is 6.98. The minimum atomic E-state index is -1.03. The second-order valence-electron chi connectivity index (χ2n) is 5.00. The highest BCUT2D eigenvalue weighted by atomic mass is 16.5. The average Bonchev–Trinajstić information content (AvgIpc) is 2.96. The highest BCUT2D eigenvalue weighted by Gasteiger charge is 2.28. The van der Waals surface area contributed by atoms with Gasteiger partial charge in [-0.2, -0.15) is 0 Å². The number of nitrogens with zero attached hydrogens (tertiary/aromatic N) is 1. The maximum atomic E-state index is 11.9. The lowest BCUT2D eigenvalue weighted by molar-refractivity contribution is -0.159. The molecule has 0 aromatic carbocycles. The van der Waals surface area contributed by atoms with E-state index in [9.17, 15) is 9.59 Å². The van der Waals surface area contributed by atoms with E-state index in [2.05, 4.69) is 0 Å². The van der Waals surface area contributed by atoms with Crippen LogP contribution in [0.3, 0.4) is 0 Å². The summed E-state index contributed by atoms with van der Waals surface area (Å²) in [5, 5.41) is 8.87. The lowest BCUT2D eigenvalue weighted by Crippen LogP contribution is -2.48. The topological polar surface area (TPSA) is 85.3 Å². The van der Waals surface area contributed by atoms with Crippen LogP contribution in [0.2, 0.25) is 0 Å². The number of carbonyl (C=O) groups excluding carboxylic acids is 1. The minimum Gasteiger partial charge on any atom is -0.479 e. The Labute approximate surface area is 117 Å². The zero-order valence-corrected chi connectivity index (χ0v) is 11.5. The molecule has 2 fully saturated rings. The molecule has 2 saturated heterocycles. The van der Waals surface area contributed by atoms with Crippen molar-refractivity contribution in [1.82, 2.24) is 4.90 Å². The maximum absolute atomic E-state index is 11.9. The molecule has 1 amide bonds. The van der Waals surface area contributed by atoms with Gasteiger partial charge in [-0.25, -0.2) is 4.79 Å². The summed E-state index contributed by atoms with van der Waals surface area (Å²) in [5.74, 6) is -1.12. The third kappa shape index (κ3) is 4.43. The van der Waals surface area contributed by atoms with Crippen LogP contribution in [0.15, 0.2) is 0 Å². The number of hydrogen-bond donors (Lipinski definition) is 1. The van der Waals surface area contributed by atoms with E-state index in [1.165, 1.54) is 4.90 Å². The van der Waals surface area contributed by atoms with Gasteiger partial charge < -0.3 is 24.2 Å². The van der Waals surface area contributed by atoms with Gasteiger partial charge in [0.25, 0.3) is 0 Å². The Morgan fingerprint density at radius 1 is 1.30 bits per heavy atom. The standard InChI is InChI=1S/C13H21NO6/c15-12(3-6-18-9-10-2-1-5-19-10)14-4-7-20-11(8-14)13(16)17/h10-11H,1-9H2,(H,16,17). The summed E-state index contributed by atoms with van der Waals surface area (Å²) < 4.78 is 15.9. The smallest absolute Gasteiger partial charge is 0.334 e. The average molecular weight is 287 g/mol. The molecule has 2 aliphatic heterocycles. The molecule has 2 heterocycles. The monoisotopic (exact) mass is 287 g/mol. The van der Waals surface area contributed by atoms with E-state index < -0.39 is 12.1 Å². The summed E-state index contributed by atoms with van der Waals surface area (Å²) in [7, 11) is 0. The van der Waals surface area contributed by atoms with Gasteiger partial charge in [0, 0.05) is 13.2 Å². The highest BCUT2D eigenvalue weighted by molar-refractivity contribution is 5.78. The quantitative estimate of drug-likeness (QED) is 0.686. The molecule has 114 valence electrons. The van der Waals surface area contributed by atoms with E-state index in [4.69, 9.17) is 19.3 Å². The van der Waals surface area contributed by atoms with Crippen LogP contribution in [0.25, 0.3) is 0 Å². The summed E-state index contributed by atoms with van der Waals surface area (Å²) >= 11 is 0. The Kier molecular flexibility index (Phi) is 5.75. The molecule has 7 heteroatoms. The molecule has 0 spiro atoms. The summed E-state index contributed by atoms with van der Waals surface area (Å²) in [6.45, 7) is 2.47. The van der Waals surface area contributed by atoms with Gasteiger partial charge in [-0.05, 0) is 12.8 Å². The minimum absolute atomic E-state index is 0.0908. The van der Waals surface area contributed by atoms with E-state index >= 15 is 0 Å². The van der Waals surface area contributed by atoms with Crippen LogP contribution in [-0.2, 0) is 23.8 Å². The fourth-order valence-corrected chi connectivity index (χ4v) is 2.33. The van der Waals surface area contributed by atoms with Crippen LogP contribution >= 0.6 is 0 Å². The summed E-state index contributed by atoms with van der Waals surface area (Å²) in [6, 6.07) is 0. The fraction of sp³-hybridized carbons (Fsp3) is 0.846. The molecule has 2 aliphatic rings. The first kappa shape index (κ1) is 15.2. The predicted molar refractivity (Wildman–Crippen MR) is 68.4 cm³/mol. The molecule has 2 rings (SSSR count). The van der Waals surface area contributed by atoms with Gasteiger partial charge in [-0.15, -0.1) is 0 Å². The Hall–Kier alpha value is -1.18. The SMILES string of the molecule is O=C(O)C1CN(C(=O)CCOCC2CCCO2)CCO1. The van der Waals surface area contributed by atoms with E-state index in [1.807, 2.05) is 0 Å². The van der Waals surface area contributed by atoms with Crippen molar-refractivity contribution in [3.63, 3.8) is 0 Å². The van der Waals surface area contributed by atoms with Crippen molar-refractivity contribution in [2.75, 3.05) is 39.5 Å². The van der Waals surface area contributed by atoms with Gasteiger partial charge in [0.1, 0.15) is 0 Å². The predicted octanol–water partition coefficient (Wildman–Crippen LogP) is -0.116. The zero-order chi connectivity index (χ0) is 14.4. The molecule has 0 aromatic heterocycles. The number of hydrogen-bond acceptors (Lipinski definition) is 5. The molecule has 0 aromatic rings.